The highest BCUT2D eigenvalue weighted by Gasteiger charge is 2.13. The summed E-state index contributed by atoms with van der Waals surface area (Å²) in [6.07, 6.45) is 1.49. The van der Waals surface area contributed by atoms with Crippen LogP contribution in [-0.4, -0.2) is 9.55 Å². The Morgan fingerprint density at radius 1 is 1.12 bits per heavy atom. The van der Waals surface area contributed by atoms with E-state index in [-0.39, 0.29) is 11.4 Å². The van der Waals surface area contributed by atoms with Crippen molar-refractivity contribution in [3.05, 3.63) is 81.4 Å². The number of aromatic nitrogens is 2. The number of fused-ring (bicyclic) bond motifs is 1. The predicted octanol–water partition coefficient (Wildman–Crippen LogP) is 4.91. The van der Waals surface area contributed by atoms with Gasteiger partial charge in [-0.1, -0.05) is 23.7 Å². The van der Waals surface area contributed by atoms with Crippen molar-refractivity contribution in [2.45, 2.75) is 0 Å². The largest absolute Gasteiger partial charge is 0.275 e. The maximum absolute atomic E-state index is 13.5. The summed E-state index contributed by atoms with van der Waals surface area (Å²) in [5.74, 6) is -0.318. The van der Waals surface area contributed by atoms with Crippen molar-refractivity contribution in [1.82, 2.24) is 9.55 Å². The lowest BCUT2D eigenvalue weighted by molar-refractivity contribution is 0.628. The van der Waals surface area contributed by atoms with Gasteiger partial charge in [0.05, 0.1) is 11.2 Å². The fourth-order valence-corrected chi connectivity index (χ4v) is 3.64. The van der Waals surface area contributed by atoms with Crippen LogP contribution in [0.3, 0.4) is 0 Å². The summed E-state index contributed by atoms with van der Waals surface area (Å²) in [5, 5.41) is 2.44. The molecule has 6 heteroatoms. The third-order valence-electron chi connectivity index (χ3n) is 3.72. The van der Waals surface area contributed by atoms with Gasteiger partial charge in [-0.2, -0.15) is 0 Å². The first kappa shape index (κ1) is 15.1. The minimum absolute atomic E-state index is 0.157. The fourth-order valence-electron chi connectivity index (χ4n) is 2.56. The summed E-state index contributed by atoms with van der Waals surface area (Å²) < 4.78 is 15.5. The van der Waals surface area contributed by atoms with Crippen LogP contribution in [0.2, 0.25) is 5.02 Å². The second-order valence-electron chi connectivity index (χ2n) is 5.23. The van der Waals surface area contributed by atoms with Crippen molar-refractivity contribution >= 4 is 33.2 Å². The molecule has 0 saturated carbocycles. The molecule has 118 valence electrons. The SMILES string of the molecule is O=c1c2scc(-c3cccc(F)c3)c2ncn1-c1ccc(Cl)cc1. The Morgan fingerprint density at radius 2 is 1.92 bits per heavy atom. The highest BCUT2D eigenvalue weighted by atomic mass is 35.5. The van der Waals surface area contributed by atoms with Gasteiger partial charge >= 0.3 is 0 Å². The van der Waals surface area contributed by atoms with Crippen molar-refractivity contribution in [1.29, 1.82) is 0 Å². The zero-order valence-corrected chi connectivity index (χ0v) is 13.8. The number of hydrogen-bond donors (Lipinski definition) is 0. The Balaban J connectivity index is 1.90. The van der Waals surface area contributed by atoms with Gasteiger partial charge in [-0.25, -0.2) is 9.37 Å². The fraction of sp³-hybridized carbons (Fsp3) is 0. The molecule has 0 spiro atoms. The Morgan fingerprint density at radius 3 is 2.67 bits per heavy atom. The van der Waals surface area contributed by atoms with Gasteiger partial charge in [-0.15, -0.1) is 11.3 Å². The maximum Gasteiger partial charge on any atom is 0.275 e. The minimum Gasteiger partial charge on any atom is -0.267 e. The van der Waals surface area contributed by atoms with Crippen molar-refractivity contribution in [3.8, 4) is 16.8 Å². The van der Waals surface area contributed by atoms with E-state index >= 15 is 0 Å². The van der Waals surface area contributed by atoms with Crippen LogP contribution in [0.5, 0.6) is 0 Å². The zero-order chi connectivity index (χ0) is 16.7. The lowest BCUT2D eigenvalue weighted by atomic mass is 10.1. The Labute approximate surface area is 145 Å². The summed E-state index contributed by atoms with van der Waals surface area (Å²) in [4.78, 5) is 17.2. The first-order valence-electron chi connectivity index (χ1n) is 7.14. The first-order chi connectivity index (χ1) is 11.6. The third kappa shape index (κ3) is 2.52. The standard InChI is InChI=1S/C18H10ClFN2OS/c19-12-4-6-14(7-5-12)22-10-21-16-15(9-24-17(16)18(22)23)11-2-1-3-13(20)8-11/h1-10H. The monoisotopic (exact) mass is 356 g/mol. The molecule has 24 heavy (non-hydrogen) atoms. The Kier molecular flexibility index (Phi) is 3.67. The van der Waals surface area contributed by atoms with Crippen LogP contribution in [0, 0.1) is 5.82 Å². The van der Waals surface area contributed by atoms with Gasteiger partial charge in [-0.05, 0) is 42.0 Å². The number of thiophene rings is 1. The number of hydrogen-bond acceptors (Lipinski definition) is 3. The molecule has 0 fully saturated rings. The van der Waals surface area contributed by atoms with E-state index in [2.05, 4.69) is 4.98 Å². The molecule has 0 N–H and O–H groups in total. The summed E-state index contributed by atoms with van der Waals surface area (Å²) >= 11 is 7.20. The zero-order valence-electron chi connectivity index (χ0n) is 12.2. The van der Waals surface area contributed by atoms with E-state index in [0.29, 0.717) is 26.5 Å². The van der Waals surface area contributed by atoms with Gasteiger partial charge in [0.15, 0.2) is 0 Å². The molecule has 0 amide bonds. The second-order valence-corrected chi connectivity index (χ2v) is 6.55. The van der Waals surface area contributed by atoms with Crippen molar-refractivity contribution in [2.24, 2.45) is 0 Å². The summed E-state index contributed by atoms with van der Waals surface area (Å²) in [7, 11) is 0. The smallest absolute Gasteiger partial charge is 0.267 e. The molecule has 0 unspecified atom stereocenters. The average molecular weight is 357 g/mol. The molecular formula is C18H10ClFN2OS. The molecule has 0 radical (unpaired) electrons. The van der Waals surface area contributed by atoms with Gasteiger partial charge in [-0.3, -0.25) is 9.36 Å². The molecule has 0 aliphatic rings. The van der Waals surface area contributed by atoms with Crippen LogP contribution in [0.15, 0.2) is 65.0 Å². The molecule has 0 atom stereocenters. The van der Waals surface area contributed by atoms with Crippen LogP contribution in [0.1, 0.15) is 0 Å². The highest BCUT2D eigenvalue weighted by Crippen LogP contribution is 2.31. The lowest BCUT2D eigenvalue weighted by Crippen LogP contribution is -2.17. The topological polar surface area (TPSA) is 34.9 Å². The Hall–Kier alpha value is -2.50. The van der Waals surface area contributed by atoms with Crippen molar-refractivity contribution in [3.63, 3.8) is 0 Å². The van der Waals surface area contributed by atoms with Crippen LogP contribution >= 0.6 is 22.9 Å². The molecule has 0 saturated heterocycles. The summed E-state index contributed by atoms with van der Waals surface area (Å²) in [5.41, 5.74) is 2.59. The Bertz CT molecular complexity index is 1100. The van der Waals surface area contributed by atoms with Crippen LogP contribution in [0.4, 0.5) is 4.39 Å². The van der Waals surface area contributed by atoms with Crippen molar-refractivity contribution in [2.75, 3.05) is 0 Å². The van der Waals surface area contributed by atoms with E-state index in [1.165, 1.54) is 34.4 Å². The molecule has 4 rings (SSSR count). The van der Waals surface area contributed by atoms with Crippen LogP contribution in [0.25, 0.3) is 27.0 Å². The van der Waals surface area contributed by atoms with Gasteiger partial charge in [0.2, 0.25) is 0 Å². The lowest BCUT2D eigenvalue weighted by Gasteiger charge is -2.05. The molecule has 2 heterocycles. The number of rotatable bonds is 2. The molecule has 2 aromatic carbocycles. The molecule has 2 aromatic heterocycles. The molecule has 3 nitrogen and oxygen atoms in total. The van der Waals surface area contributed by atoms with Gasteiger partial charge in [0.1, 0.15) is 16.8 Å². The molecule has 4 aromatic rings. The quantitative estimate of drug-likeness (QED) is 0.511. The van der Waals surface area contributed by atoms with E-state index in [9.17, 15) is 9.18 Å². The molecule has 0 aliphatic carbocycles. The van der Waals surface area contributed by atoms with Crippen molar-refractivity contribution < 1.29 is 4.39 Å². The second kappa shape index (κ2) is 5.85. The predicted molar refractivity (Wildman–Crippen MR) is 95.6 cm³/mol. The third-order valence-corrected chi connectivity index (χ3v) is 4.93. The van der Waals surface area contributed by atoms with Crippen LogP contribution in [-0.2, 0) is 0 Å². The van der Waals surface area contributed by atoms with Gasteiger partial charge in [0.25, 0.3) is 5.56 Å². The molecule has 0 aliphatic heterocycles. The first-order valence-corrected chi connectivity index (χ1v) is 8.40. The van der Waals surface area contributed by atoms with E-state index in [1.807, 2.05) is 5.38 Å². The molecule has 0 bridgehead atoms. The number of halogens is 2. The number of nitrogens with zero attached hydrogens (tertiary/aromatic N) is 2. The van der Waals surface area contributed by atoms with Crippen LogP contribution < -0.4 is 5.56 Å². The molecular weight excluding hydrogens is 347 g/mol. The van der Waals surface area contributed by atoms with E-state index in [0.717, 1.165) is 5.56 Å². The average Bonchev–Trinajstić information content (AvgIpc) is 3.01. The maximum atomic E-state index is 13.5. The van der Waals surface area contributed by atoms with Gasteiger partial charge < -0.3 is 0 Å². The summed E-state index contributed by atoms with van der Waals surface area (Å²) in [6.45, 7) is 0. The van der Waals surface area contributed by atoms with E-state index < -0.39 is 0 Å². The highest BCUT2D eigenvalue weighted by molar-refractivity contribution is 7.17. The normalized spacial score (nSPS) is 11.1. The van der Waals surface area contributed by atoms with Gasteiger partial charge in [0, 0.05) is 16.0 Å². The summed E-state index contributed by atoms with van der Waals surface area (Å²) in [6, 6.07) is 13.2. The minimum atomic E-state index is -0.318. The van der Waals surface area contributed by atoms with E-state index in [1.54, 1.807) is 36.4 Å². The number of benzene rings is 2. The van der Waals surface area contributed by atoms with E-state index in [4.69, 9.17) is 11.6 Å².